The van der Waals surface area contributed by atoms with Crippen molar-refractivity contribution in [2.75, 3.05) is 25.4 Å². The Bertz CT molecular complexity index is 96.3. The van der Waals surface area contributed by atoms with Gasteiger partial charge in [0.2, 0.25) is 0 Å². The molecule has 2 rings (SSSR count). The average molecular weight is 159 g/mol. The lowest BCUT2D eigenvalue weighted by atomic mass is 10.5. The average Bonchev–Trinajstić information content (AvgIpc) is 2.59. The Morgan fingerprint density at radius 1 is 1.60 bits per heavy atom. The first-order valence-electron chi connectivity index (χ1n) is 3.61. The molecule has 2 heterocycles. The molecule has 2 fully saturated rings. The molecule has 10 heavy (non-hydrogen) atoms. The number of thioether (sulfide) groups is 1. The van der Waals surface area contributed by atoms with Gasteiger partial charge in [-0.2, -0.15) is 5.06 Å². The molecular formula is C6H11N2OS. The van der Waals surface area contributed by atoms with Crippen molar-refractivity contribution in [3.05, 3.63) is 5.50 Å². The lowest BCUT2D eigenvalue weighted by Crippen LogP contribution is -2.29. The third-order valence-corrected chi connectivity index (χ3v) is 2.63. The summed E-state index contributed by atoms with van der Waals surface area (Å²) in [6.07, 6.45) is 1.16. The summed E-state index contributed by atoms with van der Waals surface area (Å²) < 4.78 is 0. The van der Waals surface area contributed by atoms with Gasteiger partial charge in [0.25, 0.3) is 0 Å². The molecule has 0 aromatic carbocycles. The van der Waals surface area contributed by atoms with Crippen LogP contribution >= 0.6 is 11.8 Å². The van der Waals surface area contributed by atoms with Crippen LogP contribution in [0.25, 0.3) is 0 Å². The van der Waals surface area contributed by atoms with E-state index in [4.69, 9.17) is 4.84 Å². The van der Waals surface area contributed by atoms with Gasteiger partial charge in [0.15, 0.2) is 5.50 Å². The smallest absolute Gasteiger partial charge is 0.186 e. The maximum Gasteiger partial charge on any atom is 0.186 e. The Hall–Kier alpha value is 0.230. The normalized spacial score (nSPS) is 30.0. The van der Waals surface area contributed by atoms with Crippen molar-refractivity contribution < 1.29 is 4.84 Å². The predicted molar refractivity (Wildman–Crippen MR) is 41.0 cm³/mol. The van der Waals surface area contributed by atoms with E-state index in [1.165, 1.54) is 11.3 Å². The van der Waals surface area contributed by atoms with Crippen LogP contribution < -0.4 is 5.32 Å². The highest BCUT2D eigenvalue weighted by molar-refractivity contribution is 8.02. The van der Waals surface area contributed by atoms with Crippen molar-refractivity contribution in [3.8, 4) is 0 Å². The van der Waals surface area contributed by atoms with Crippen LogP contribution in [-0.4, -0.2) is 30.5 Å². The van der Waals surface area contributed by atoms with Gasteiger partial charge in [0, 0.05) is 18.8 Å². The number of hydrogen-bond donors (Lipinski definition) is 1. The highest BCUT2D eigenvalue weighted by Crippen LogP contribution is 2.27. The molecule has 0 aliphatic carbocycles. The van der Waals surface area contributed by atoms with Gasteiger partial charge in [0.1, 0.15) is 0 Å². The van der Waals surface area contributed by atoms with E-state index >= 15 is 0 Å². The fraction of sp³-hybridized carbons (Fsp3) is 0.833. The lowest BCUT2D eigenvalue weighted by Gasteiger charge is -2.18. The van der Waals surface area contributed by atoms with Gasteiger partial charge < -0.3 is 0 Å². The molecular weight excluding hydrogens is 148 g/mol. The number of rotatable bonds is 1. The maximum atomic E-state index is 5.35. The van der Waals surface area contributed by atoms with E-state index in [9.17, 15) is 0 Å². The van der Waals surface area contributed by atoms with E-state index in [2.05, 4.69) is 5.32 Å². The van der Waals surface area contributed by atoms with Gasteiger partial charge in [-0.3, -0.25) is 10.2 Å². The molecule has 0 unspecified atom stereocenters. The fourth-order valence-electron chi connectivity index (χ4n) is 1.12. The van der Waals surface area contributed by atoms with E-state index in [1.54, 1.807) is 0 Å². The predicted octanol–water partition coefficient (Wildman–Crippen LogP) is 0.407. The van der Waals surface area contributed by atoms with E-state index < -0.39 is 0 Å². The molecule has 57 valence electrons. The number of hydrogen-bond acceptors (Lipinski definition) is 4. The van der Waals surface area contributed by atoms with Gasteiger partial charge in [-0.1, -0.05) is 0 Å². The van der Waals surface area contributed by atoms with E-state index in [-0.39, 0.29) is 0 Å². The van der Waals surface area contributed by atoms with Gasteiger partial charge in [-0.25, -0.2) is 0 Å². The van der Waals surface area contributed by atoms with Gasteiger partial charge in [-0.05, 0) is 6.42 Å². The second-order valence-corrected chi connectivity index (χ2v) is 3.45. The van der Waals surface area contributed by atoms with Gasteiger partial charge >= 0.3 is 0 Å². The molecule has 1 radical (unpaired) electrons. The quantitative estimate of drug-likeness (QED) is 0.599. The highest BCUT2D eigenvalue weighted by Gasteiger charge is 2.27. The third-order valence-electron chi connectivity index (χ3n) is 1.60. The molecule has 0 atom stereocenters. The van der Waals surface area contributed by atoms with Crippen LogP contribution in [0.2, 0.25) is 0 Å². The lowest BCUT2D eigenvalue weighted by molar-refractivity contribution is -0.0939. The molecule has 0 saturated carbocycles. The Morgan fingerprint density at radius 3 is 3.20 bits per heavy atom. The summed E-state index contributed by atoms with van der Waals surface area (Å²) in [5.41, 5.74) is 1.21. The van der Waals surface area contributed by atoms with Crippen molar-refractivity contribution in [1.82, 2.24) is 10.4 Å². The minimum atomic E-state index is 0.881. The van der Waals surface area contributed by atoms with Crippen LogP contribution in [0.15, 0.2) is 0 Å². The number of nitrogens with zero attached hydrogens (tertiary/aromatic N) is 1. The summed E-state index contributed by atoms with van der Waals surface area (Å²) in [5, 5.41) is 5.25. The summed E-state index contributed by atoms with van der Waals surface area (Å²) >= 11 is 1.85. The summed E-state index contributed by atoms with van der Waals surface area (Å²) in [6.45, 7) is 3.01. The highest BCUT2D eigenvalue weighted by atomic mass is 32.2. The molecule has 0 amide bonds. The van der Waals surface area contributed by atoms with Crippen LogP contribution in [-0.2, 0) is 4.84 Å². The first-order valence-corrected chi connectivity index (χ1v) is 4.59. The molecule has 2 aliphatic rings. The third kappa shape index (κ3) is 1.29. The number of nitrogens with one attached hydrogen (secondary N) is 1. The monoisotopic (exact) mass is 159 g/mol. The first kappa shape index (κ1) is 6.91. The van der Waals surface area contributed by atoms with Crippen molar-refractivity contribution in [2.24, 2.45) is 0 Å². The van der Waals surface area contributed by atoms with E-state index in [0.29, 0.717) is 0 Å². The molecule has 4 heteroatoms. The SMILES string of the molecule is C1CON([C]2NCCS2)C1. The van der Waals surface area contributed by atoms with E-state index in [1.807, 2.05) is 16.8 Å². The van der Waals surface area contributed by atoms with Crippen LogP contribution in [0, 0.1) is 5.50 Å². The van der Waals surface area contributed by atoms with Gasteiger partial charge in [-0.15, -0.1) is 11.8 Å². The Balaban J connectivity index is 1.85. The Kier molecular flexibility index (Phi) is 2.13. The van der Waals surface area contributed by atoms with E-state index in [0.717, 1.165) is 26.1 Å². The standard InChI is InChI=1S/C6H11N2OS/c1-3-8(9-4-1)6-7-2-5-10-6/h7H,1-5H2. The van der Waals surface area contributed by atoms with Crippen molar-refractivity contribution in [3.63, 3.8) is 0 Å². The van der Waals surface area contributed by atoms with Crippen molar-refractivity contribution in [2.45, 2.75) is 6.42 Å². The zero-order valence-electron chi connectivity index (χ0n) is 5.80. The summed E-state index contributed by atoms with van der Waals surface area (Å²) in [5.74, 6) is 1.18. The Morgan fingerprint density at radius 2 is 2.60 bits per heavy atom. The summed E-state index contributed by atoms with van der Waals surface area (Å²) in [6, 6.07) is 0. The largest absolute Gasteiger partial charge is 0.296 e. The van der Waals surface area contributed by atoms with Crippen LogP contribution in [0.5, 0.6) is 0 Å². The summed E-state index contributed by atoms with van der Waals surface area (Å²) in [7, 11) is 0. The van der Waals surface area contributed by atoms with Gasteiger partial charge in [0.05, 0.1) is 6.61 Å². The van der Waals surface area contributed by atoms with Crippen LogP contribution in [0.3, 0.4) is 0 Å². The zero-order chi connectivity index (χ0) is 6.81. The van der Waals surface area contributed by atoms with Crippen molar-refractivity contribution in [1.29, 1.82) is 0 Å². The van der Waals surface area contributed by atoms with Crippen LogP contribution in [0.1, 0.15) is 6.42 Å². The molecule has 0 bridgehead atoms. The topological polar surface area (TPSA) is 24.5 Å². The second-order valence-electron chi connectivity index (χ2n) is 2.37. The van der Waals surface area contributed by atoms with Crippen LogP contribution in [0.4, 0.5) is 0 Å². The minimum absolute atomic E-state index is 0.881. The first-order chi connectivity index (χ1) is 4.97. The minimum Gasteiger partial charge on any atom is -0.296 e. The molecule has 0 aromatic rings. The molecule has 2 aliphatic heterocycles. The molecule has 0 spiro atoms. The number of hydroxylamine groups is 2. The molecule has 0 aromatic heterocycles. The zero-order valence-corrected chi connectivity index (χ0v) is 6.62. The molecule has 2 saturated heterocycles. The Labute approximate surface area is 65.1 Å². The van der Waals surface area contributed by atoms with Crippen molar-refractivity contribution >= 4 is 11.8 Å². The summed E-state index contributed by atoms with van der Waals surface area (Å²) in [4.78, 5) is 5.35. The molecule has 3 nitrogen and oxygen atoms in total. The second kappa shape index (κ2) is 3.09. The molecule has 1 N–H and O–H groups in total. The fourth-order valence-corrected chi connectivity index (χ4v) is 2.01. The maximum absolute atomic E-state index is 5.35.